The van der Waals surface area contributed by atoms with E-state index in [4.69, 9.17) is 10.5 Å². The van der Waals surface area contributed by atoms with E-state index in [9.17, 15) is 9.59 Å². The highest BCUT2D eigenvalue weighted by Gasteiger charge is 2.30. The van der Waals surface area contributed by atoms with Crippen molar-refractivity contribution >= 4 is 34.0 Å². The van der Waals surface area contributed by atoms with Crippen LogP contribution in [0.15, 0.2) is 23.6 Å². The first-order valence-electron chi connectivity index (χ1n) is 7.61. The zero-order valence-electron chi connectivity index (χ0n) is 13.4. The molecule has 3 N–H and O–H groups in total. The lowest BCUT2D eigenvalue weighted by Gasteiger charge is -2.32. The molecule has 126 valence electrons. The van der Waals surface area contributed by atoms with Crippen molar-refractivity contribution in [2.75, 3.05) is 23.3 Å². The molecule has 7 nitrogen and oxygen atoms in total. The van der Waals surface area contributed by atoms with Crippen LogP contribution in [-0.2, 0) is 9.59 Å². The van der Waals surface area contributed by atoms with E-state index >= 15 is 0 Å². The second kappa shape index (κ2) is 6.58. The third kappa shape index (κ3) is 2.98. The zero-order chi connectivity index (χ0) is 17.3. The number of anilines is 2. The Balaban J connectivity index is 1.93. The van der Waals surface area contributed by atoms with E-state index < -0.39 is 6.10 Å². The minimum absolute atomic E-state index is 0.0590. The number of nitrogens with one attached hydrogen (secondary N) is 1. The second-order valence-corrected chi connectivity index (χ2v) is 6.17. The minimum Gasteiger partial charge on any atom is -0.479 e. The lowest BCUT2D eigenvalue weighted by molar-refractivity contribution is -0.125. The van der Waals surface area contributed by atoms with Gasteiger partial charge in [0.05, 0.1) is 17.9 Å². The maximum absolute atomic E-state index is 12.3. The van der Waals surface area contributed by atoms with Crippen molar-refractivity contribution in [2.24, 2.45) is 5.73 Å². The molecule has 8 heteroatoms. The fourth-order valence-corrected chi connectivity index (χ4v) is 3.26. The average Bonchev–Trinajstić information content (AvgIpc) is 3.04. The molecule has 24 heavy (non-hydrogen) atoms. The van der Waals surface area contributed by atoms with Crippen LogP contribution in [-0.4, -0.2) is 36.0 Å². The number of hydrogen-bond donors (Lipinski definition) is 2. The Morgan fingerprint density at radius 1 is 1.50 bits per heavy atom. The molecule has 0 saturated carbocycles. The molecule has 0 saturated heterocycles. The first-order valence-corrected chi connectivity index (χ1v) is 8.49. The second-order valence-electron chi connectivity index (χ2n) is 5.32. The SMILES string of the molecule is CCN1C(=O)C(C)Oc2ccc(-c3csc(NC(=O)CN)n3)cc21. The first kappa shape index (κ1) is 16.4. The predicted octanol–water partition coefficient (Wildman–Crippen LogP) is 1.84. The lowest BCUT2D eigenvalue weighted by atomic mass is 10.1. The molecule has 1 aliphatic rings. The molecule has 3 rings (SSSR count). The van der Waals surface area contributed by atoms with E-state index in [0.29, 0.717) is 17.4 Å². The van der Waals surface area contributed by atoms with Gasteiger partial charge < -0.3 is 20.7 Å². The first-order chi connectivity index (χ1) is 11.5. The van der Waals surface area contributed by atoms with Gasteiger partial charge in [-0.25, -0.2) is 4.98 Å². The number of carbonyl (C=O) groups is 2. The van der Waals surface area contributed by atoms with Gasteiger partial charge in [-0.15, -0.1) is 11.3 Å². The zero-order valence-corrected chi connectivity index (χ0v) is 14.2. The molecule has 1 aliphatic heterocycles. The maximum atomic E-state index is 12.3. The molecule has 1 aromatic heterocycles. The van der Waals surface area contributed by atoms with Crippen molar-refractivity contribution in [1.82, 2.24) is 4.98 Å². The van der Waals surface area contributed by atoms with Crippen LogP contribution in [0.4, 0.5) is 10.8 Å². The number of carbonyl (C=O) groups excluding carboxylic acids is 2. The van der Waals surface area contributed by atoms with Crippen LogP contribution in [0.1, 0.15) is 13.8 Å². The number of fused-ring (bicyclic) bond motifs is 1. The van der Waals surface area contributed by atoms with E-state index in [-0.39, 0.29) is 18.4 Å². The molecule has 1 atom stereocenters. The Morgan fingerprint density at radius 2 is 2.29 bits per heavy atom. The molecule has 0 spiro atoms. The van der Waals surface area contributed by atoms with Crippen molar-refractivity contribution in [2.45, 2.75) is 20.0 Å². The van der Waals surface area contributed by atoms with Gasteiger partial charge in [-0.05, 0) is 32.0 Å². The lowest BCUT2D eigenvalue weighted by Crippen LogP contribution is -2.44. The van der Waals surface area contributed by atoms with Crippen LogP contribution in [0.3, 0.4) is 0 Å². The minimum atomic E-state index is -0.486. The normalized spacial score (nSPS) is 16.5. The molecule has 2 heterocycles. The van der Waals surface area contributed by atoms with Crippen molar-refractivity contribution in [3.05, 3.63) is 23.6 Å². The monoisotopic (exact) mass is 346 g/mol. The Hall–Kier alpha value is -2.45. The maximum Gasteiger partial charge on any atom is 0.267 e. The van der Waals surface area contributed by atoms with Gasteiger partial charge in [-0.3, -0.25) is 9.59 Å². The van der Waals surface area contributed by atoms with E-state index in [0.717, 1.165) is 16.9 Å². The van der Waals surface area contributed by atoms with Crippen LogP contribution >= 0.6 is 11.3 Å². The van der Waals surface area contributed by atoms with Gasteiger partial charge in [0.25, 0.3) is 5.91 Å². The highest BCUT2D eigenvalue weighted by atomic mass is 32.1. The summed E-state index contributed by atoms with van der Waals surface area (Å²) in [5.74, 6) is 0.336. The highest BCUT2D eigenvalue weighted by molar-refractivity contribution is 7.14. The standard InChI is InChI=1S/C16H18N4O3S/c1-3-20-12-6-10(4-5-13(12)23-9(2)15(20)22)11-8-24-16(18-11)19-14(21)7-17/h4-6,8-9H,3,7,17H2,1-2H3,(H,18,19,21). The van der Waals surface area contributed by atoms with E-state index in [1.54, 1.807) is 11.8 Å². The summed E-state index contributed by atoms with van der Waals surface area (Å²) in [5, 5.41) is 4.97. The number of likely N-dealkylation sites (N-methyl/N-ethyl adjacent to an activating group) is 1. The number of benzene rings is 1. The average molecular weight is 346 g/mol. The van der Waals surface area contributed by atoms with Gasteiger partial charge >= 0.3 is 0 Å². The van der Waals surface area contributed by atoms with Crippen molar-refractivity contribution in [3.8, 4) is 17.0 Å². The molecule has 0 fully saturated rings. The van der Waals surface area contributed by atoms with Gasteiger partial charge in [-0.1, -0.05) is 0 Å². The summed E-state index contributed by atoms with van der Waals surface area (Å²) in [5.41, 5.74) is 7.59. The summed E-state index contributed by atoms with van der Waals surface area (Å²) in [6.07, 6.45) is -0.486. The summed E-state index contributed by atoms with van der Waals surface area (Å²) in [6.45, 7) is 4.15. The molecule has 2 amide bonds. The van der Waals surface area contributed by atoms with Crippen LogP contribution in [0.5, 0.6) is 5.75 Å². The van der Waals surface area contributed by atoms with Crippen LogP contribution in [0.2, 0.25) is 0 Å². The van der Waals surface area contributed by atoms with Gasteiger partial charge in [-0.2, -0.15) is 0 Å². The Kier molecular flexibility index (Phi) is 4.50. The fourth-order valence-electron chi connectivity index (χ4n) is 2.53. The van der Waals surface area contributed by atoms with Crippen molar-refractivity contribution in [1.29, 1.82) is 0 Å². The number of amides is 2. The molecule has 0 aliphatic carbocycles. The highest BCUT2D eigenvalue weighted by Crippen LogP contribution is 2.37. The number of ether oxygens (including phenoxy) is 1. The molecule has 0 bridgehead atoms. The quantitative estimate of drug-likeness (QED) is 0.880. The van der Waals surface area contributed by atoms with E-state index in [2.05, 4.69) is 10.3 Å². The molecule has 0 radical (unpaired) electrons. The summed E-state index contributed by atoms with van der Waals surface area (Å²) < 4.78 is 5.66. The molecular formula is C16H18N4O3S. The number of thiazole rings is 1. The molecule has 2 aromatic rings. The van der Waals surface area contributed by atoms with Crippen molar-refractivity contribution < 1.29 is 14.3 Å². The Bertz CT molecular complexity index is 789. The Labute approximate surface area is 143 Å². The van der Waals surface area contributed by atoms with Crippen molar-refractivity contribution in [3.63, 3.8) is 0 Å². The Morgan fingerprint density at radius 3 is 3.00 bits per heavy atom. The predicted molar refractivity (Wildman–Crippen MR) is 93.4 cm³/mol. The smallest absolute Gasteiger partial charge is 0.267 e. The van der Waals surface area contributed by atoms with Gasteiger partial charge in [0.2, 0.25) is 5.91 Å². The van der Waals surface area contributed by atoms with Gasteiger partial charge in [0.1, 0.15) is 5.75 Å². The van der Waals surface area contributed by atoms with Crippen LogP contribution < -0.4 is 20.7 Å². The summed E-state index contributed by atoms with van der Waals surface area (Å²) in [7, 11) is 0. The number of rotatable bonds is 4. The number of nitrogens with two attached hydrogens (primary N) is 1. The number of nitrogens with zero attached hydrogens (tertiary/aromatic N) is 2. The third-order valence-electron chi connectivity index (χ3n) is 3.72. The van der Waals surface area contributed by atoms with Crippen LogP contribution in [0, 0.1) is 0 Å². The summed E-state index contributed by atoms with van der Waals surface area (Å²) in [4.78, 5) is 29.7. The molecule has 1 aromatic carbocycles. The summed E-state index contributed by atoms with van der Waals surface area (Å²) in [6, 6.07) is 5.61. The van der Waals surface area contributed by atoms with Crippen LogP contribution in [0.25, 0.3) is 11.3 Å². The number of hydrogen-bond acceptors (Lipinski definition) is 6. The van der Waals surface area contributed by atoms with Gasteiger partial charge in [0.15, 0.2) is 11.2 Å². The fraction of sp³-hybridized carbons (Fsp3) is 0.312. The van der Waals surface area contributed by atoms with Gasteiger partial charge in [0, 0.05) is 17.5 Å². The van der Waals surface area contributed by atoms with E-state index in [1.807, 2.05) is 30.5 Å². The largest absolute Gasteiger partial charge is 0.479 e. The molecular weight excluding hydrogens is 328 g/mol. The summed E-state index contributed by atoms with van der Waals surface area (Å²) >= 11 is 1.32. The third-order valence-corrected chi connectivity index (χ3v) is 4.47. The van der Waals surface area contributed by atoms with E-state index in [1.165, 1.54) is 11.3 Å². The number of aromatic nitrogens is 1. The molecule has 1 unspecified atom stereocenters. The topological polar surface area (TPSA) is 97.5 Å².